The standard InChI is InChI=1S/C34H35N3O2/c1-24(2)23-37-32(30-15-9-10-16-31(30)34(37)39)36-28-19-17-27(18-20-28)33(38)35-22-21-29(25-11-5-3-6-12-25)26-13-7-4-8-14-26/h3-20,24,29,32,36H,21-23H2,1-2H3,(H,35,38)/t32-/m0/s1. The van der Waals surface area contributed by atoms with Crippen LogP contribution < -0.4 is 10.6 Å². The van der Waals surface area contributed by atoms with Gasteiger partial charge in [-0.15, -0.1) is 0 Å². The summed E-state index contributed by atoms with van der Waals surface area (Å²) in [5.74, 6) is 0.522. The summed E-state index contributed by atoms with van der Waals surface area (Å²) in [5, 5.41) is 6.61. The van der Waals surface area contributed by atoms with Gasteiger partial charge in [-0.3, -0.25) is 9.59 Å². The zero-order valence-electron chi connectivity index (χ0n) is 22.5. The molecule has 4 aromatic rings. The number of benzene rings is 4. The normalized spacial score (nSPS) is 14.5. The predicted molar refractivity (Wildman–Crippen MR) is 157 cm³/mol. The smallest absolute Gasteiger partial charge is 0.256 e. The van der Waals surface area contributed by atoms with Crippen molar-refractivity contribution >= 4 is 17.5 Å². The van der Waals surface area contributed by atoms with Crippen LogP contribution in [0.3, 0.4) is 0 Å². The Morgan fingerprint density at radius 2 is 1.38 bits per heavy atom. The first-order valence-electron chi connectivity index (χ1n) is 13.7. The van der Waals surface area contributed by atoms with Gasteiger partial charge in [-0.25, -0.2) is 0 Å². The summed E-state index contributed by atoms with van der Waals surface area (Å²) < 4.78 is 0. The van der Waals surface area contributed by atoms with Gasteiger partial charge in [0, 0.05) is 41.4 Å². The molecule has 0 aliphatic carbocycles. The van der Waals surface area contributed by atoms with Gasteiger partial charge in [0.15, 0.2) is 0 Å². The lowest BCUT2D eigenvalue weighted by atomic mass is 9.88. The third kappa shape index (κ3) is 6.04. The minimum atomic E-state index is -0.233. The summed E-state index contributed by atoms with van der Waals surface area (Å²) in [7, 11) is 0. The molecular formula is C34H35N3O2. The van der Waals surface area contributed by atoms with E-state index < -0.39 is 0 Å². The molecule has 0 spiro atoms. The Hall–Kier alpha value is -4.38. The first-order chi connectivity index (χ1) is 19.0. The molecule has 0 fully saturated rings. The van der Waals surface area contributed by atoms with Gasteiger partial charge in [0.2, 0.25) is 0 Å². The van der Waals surface area contributed by atoms with E-state index in [1.54, 1.807) is 0 Å². The number of nitrogens with zero attached hydrogens (tertiary/aromatic N) is 1. The summed E-state index contributed by atoms with van der Waals surface area (Å²) in [6.45, 7) is 5.46. The third-order valence-electron chi connectivity index (χ3n) is 7.19. The number of carbonyl (C=O) groups is 2. The van der Waals surface area contributed by atoms with Crippen molar-refractivity contribution in [2.24, 2.45) is 5.92 Å². The first-order valence-corrected chi connectivity index (χ1v) is 13.7. The molecule has 5 heteroatoms. The highest BCUT2D eigenvalue weighted by molar-refractivity contribution is 5.99. The molecule has 4 aromatic carbocycles. The van der Waals surface area contributed by atoms with Crippen LogP contribution in [0.1, 0.15) is 69.8 Å². The molecule has 0 bridgehead atoms. The quantitative estimate of drug-likeness (QED) is 0.242. The maximum Gasteiger partial charge on any atom is 0.256 e. The fourth-order valence-electron chi connectivity index (χ4n) is 5.31. The average Bonchev–Trinajstić information content (AvgIpc) is 3.22. The fourth-order valence-corrected chi connectivity index (χ4v) is 5.31. The Kier molecular flexibility index (Phi) is 8.07. The summed E-state index contributed by atoms with van der Waals surface area (Å²) in [4.78, 5) is 27.9. The number of nitrogens with one attached hydrogen (secondary N) is 2. The highest BCUT2D eigenvalue weighted by Crippen LogP contribution is 2.35. The maximum absolute atomic E-state index is 13.0. The van der Waals surface area contributed by atoms with E-state index in [0.717, 1.165) is 23.2 Å². The molecule has 0 saturated heterocycles. The number of carbonyl (C=O) groups excluding carboxylic acids is 2. The van der Waals surface area contributed by atoms with Crippen molar-refractivity contribution in [2.45, 2.75) is 32.4 Å². The van der Waals surface area contributed by atoms with Gasteiger partial charge in [0.1, 0.15) is 6.17 Å². The van der Waals surface area contributed by atoms with Gasteiger partial charge in [-0.1, -0.05) is 92.7 Å². The molecule has 0 radical (unpaired) electrons. The second-order valence-electron chi connectivity index (χ2n) is 10.5. The highest BCUT2D eigenvalue weighted by Gasteiger charge is 2.36. The van der Waals surface area contributed by atoms with Crippen LogP contribution in [0, 0.1) is 5.92 Å². The molecule has 198 valence electrons. The number of hydrogen-bond donors (Lipinski definition) is 2. The van der Waals surface area contributed by atoms with Crippen molar-refractivity contribution in [3.05, 3.63) is 137 Å². The Bertz CT molecular complexity index is 1360. The van der Waals surface area contributed by atoms with Crippen LogP contribution in [-0.2, 0) is 0 Å². The van der Waals surface area contributed by atoms with Gasteiger partial charge < -0.3 is 15.5 Å². The number of fused-ring (bicyclic) bond motifs is 1. The van der Waals surface area contributed by atoms with Gasteiger partial charge in [-0.2, -0.15) is 0 Å². The number of rotatable bonds is 10. The Balaban J connectivity index is 1.23. The van der Waals surface area contributed by atoms with E-state index in [-0.39, 0.29) is 23.9 Å². The van der Waals surface area contributed by atoms with Crippen molar-refractivity contribution in [3.8, 4) is 0 Å². The van der Waals surface area contributed by atoms with Gasteiger partial charge in [0.05, 0.1) is 0 Å². The van der Waals surface area contributed by atoms with Crippen molar-refractivity contribution in [1.82, 2.24) is 10.2 Å². The van der Waals surface area contributed by atoms with Crippen LogP contribution in [0.2, 0.25) is 0 Å². The SMILES string of the molecule is CC(C)CN1C(=O)c2ccccc2[C@H]1Nc1ccc(C(=O)NCCC(c2ccccc2)c2ccccc2)cc1. The molecule has 0 aromatic heterocycles. The van der Waals surface area contributed by atoms with Crippen LogP contribution in [0.4, 0.5) is 5.69 Å². The monoisotopic (exact) mass is 517 g/mol. The lowest BCUT2D eigenvalue weighted by Gasteiger charge is -2.28. The topological polar surface area (TPSA) is 61.4 Å². The fraction of sp³-hybridized carbons (Fsp3) is 0.235. The molecule has 2 amide bonds. The molecule has 1 aliphatic heterocycles. The summed E-state index contributed by atoms with van der Waals surface area (Å²) in [6.07, 6.45) is 0.573. The van der Waals surface area contributed by atoms with Gasteiger partial charge >= 0.3 is 0 Å². The van der Waals surface area contributed by atoms with E-state index in [4.69, 9.17) is 0 Å². The summed E-state index contributed by atoms with van der Waals surface area (Å²) in [5.41, 5.74) is 5.69. The average molecular weight is 518 g/mol. The van der Waals surface area contributed by atoms with Crippen LogP contribution in [0.5, 0.6) is 0 Å². The molecule has 1 aliphatic rings. The molecular weight excluding hydrogens is 482 g/mol. The Morgan fingerprint density at radius 3 is 2.00 bits per heavy atom. The molecule has 1 atom stereocenters. The molecule has 39 heavy (non-hydrogen) atoms. The van der Waals surface area contributed by atoms with E-state index in [1.807, 2.05) is 65.6 Å². The number of hydrogen-bond acceptors (Lipinski definition) is 3. The second-order valence-corrected chi connectivity index (χ2v) is 10.5. The molecule has 0 saturated carbocycles. The van der Waals surface area contributed by atoms with Gasteiger partial charge in [-0.05, 0) is 53.8 Å². The number of anilines is 1. The predicted octanol–water partition coefficient (Wildman–Crippen LogP) is 6.86. The van der Waals surface area contributed by atoms with Crippen LogP contribution in [-0.4, -0.2) is 29.8 Å². The first kappa shape index (κ1) is 26.2. The maximum atomic E-state index is 13.0. The van der Waals surface area contributed by atoms with Crippen LogP contribution in [0.25, 0.3) is 0 Å². The number of amides is 2. The van der Waals surface area contributed by atoms with E-state index in [2.05, 4.69) is 73.0 Å². The van der Waals surface area contributed by atoms with Crippen LogP contribution >= 0.6 is 0 Å². The summed E-state index contributed by atoms with van der Waals surface area (Å²) >= 11 is 0. The molecule has 1 heterocycles. The minimum Gasteiger partial charge on any atom is -0.361 e. The minimum absolute atomic E-state index is 0.0529. The Morgan fingerprint density at radius 1 is 0.795 bits per heavy atom. The van der Waals surface area contributed by atoms with Crippen molar-refractivity contribution in [3.63, 3.8) is 0 Å². The third-order valence-corrected chi connectivity index (χ3v) is 7.19. The molecule has 0 unspecified atom stereocenters. The largest absolute Gasteiger partial charge is 0.361 e. The van der Waals surface area contributed by atoms with E-state index in [0.29, 0.717) is 24.6 Å². The molecule has 2 N–H and O–H groups in total. The zero-order chi connectivity index (χ0) is 27.2. The van der Waals surface area contributed by atoms with Gasteiger partial charge in [0.25, 0.3) is 11.8 Å². The Labute approximate surface area is 230 Å². The van der Waals surface area contributed by atoms with E-state index in [1.165, 1.54) is 11.1 Å². The lowest BCUT2D eigenvalue weighted by Crippen LogP contribution is -2.35. The van der Waals surface area contributed by atoms with E-state index >= 15 is 0 Å². The lowest BCUT2D eigenvalue weighted by molar-refractivity contribution is 0.0720. The van der Waals surface area contributed by atoms with Crippen molar-refractivity contribution in [1.29, 1.82) is 0 Å². The van der Waals surface area contributed by atoms with Crippen LogP contribution in [0.15, 0.2) is 109 Å². The molecule has 5 nitrogen and oxygen atoms in total. The highest BCUT2D eigenvalue weighted by atomic mass is 16.2. The van der Waals surface area contributed by atoms with Crippen molar-refractivity contribution in [2.75, 3.05) is 18.4 Å². The zero-order valence-corrected chi connectivity index (χ0v) is 22.5. The summed E-state index contributed by atoms with van der Waals surface area (Å²) in [6, 6.07) is 36.1. The van der Waals surface area contributed by atoms with Crippen molar-refractivity contribution < 1.29 is 9.59 Å². The van der Waals surface area contributed by atoms with E-state index in [9.17, 15) is 9.59 Å². The second kappa shape index (κ2) is 12.0. The molecule has 5 rings (SSSR count).